The van der Waals surface area contributed by atoms with Crippen molar-refractivity contribution in [2.24, 2.45) is 0 Å². The highest BCUT2D eigenvalue weighted by Gasteiger charge is 2.11. The van der Waals surface area contributed by atoms with Gasteiger partial charge < -0.3 is 10.2 Å². The lowest BCUT2D eigenvalue weighted by molar-refractivity contribution is 0.234. The normalized spacial score (nSPS) is 11.6. The fraction of sp³-hybridized carbons (Fsp3) is 0.562. The molecule has 0 bridgehead atoms. The van der Waals surface area contributed by atoms with Crippen LogP contribution in [0.2, 0.25) is 0 Å². The Bertz CT molecular complexity index is 528. The van der Waals surface area contributed by atoms with Crippen LogP contribution in [-0.2, 0) is 6.54 Å². The van der Waals surface area contributed by atoms with E-state index in [1.807, 2.05) is 18.2 Å². The topological polar surface area (TPSA) is 55.3 Å². The Balaban J connectivity index is 2.06. The van der Waals surface area contributed by atoms with Crippen molar-refractivity contribution in [3.05, 3.63) is 24.1 Å². The molecule has 20 heavy (non-hydrogen) atoms. The van der Waals surface area contributed by atoms with E-state index in [2.05, 4.69) is 23.7 Å². The molecule has 4 nitrogen and oxygen atoms in total. The SMILES string of the molecule is CCCCN(CCCC)Cc1nc2ccc(N)cc2o1. The van der Waals surface area contributed by atoms with Crippen LogP contribution in [-0.4, -0.2) is 23.0 Å². The molecular weight excluding hydrogens is 250 g/mol. The third kappa shape index (κ3) is 3.97. The van der Waals surface area contributed by atoms with Crippen molar-refractivity contribution in [3.63, 3.8) is 0 Å². The molecule has 2 N–H and O–H groups in total. The number of unbranched alkanes of at least 4 members (excludes halogenated alkanes) is 2. The van der Waals surface area contributed by atoms with Crippen molar-refractivity contribution in [1.82, 2.24) is 9.88 Å². The van der Waals surface area contributed by atoms with Crippen LogP contribution in [0, 0.1) is 0 Å². The van der Waals surface area contributed by atoms with Crippen molar-refractivity contribution >= 4 is 16.8 Å². The summed E-state index contributed by atoms with van der Waals surface area (Å²) in [5.41, 5.74) is 8.16. The maximum Gasteiger partial charge on any atom is 0.209 e. The first kappa shape index (κ1) is 14.9. The second kappa shape index (κ2) is 7.29. The summed E-state index contributed by atoms with van der Waals surface area (Å²) in [5, 5.41) is 0. The summed E-state index contributed by atoms with van der Waals surface area (Å²) in [4.78, 5) is 6.98. The standard InChI is InChI=1S/C16H25N3O/c1-3-5-9-19(10-6-4-2)12-16-18-14-8-7-13(17)11-15(14)20-16/h7-8,11H,3-6,9-10,12,17H2,1-2H3. The minimum absolute atomic E-state index is 0.717. The van der Waals surface area contributed by atoms with Crippen LogP contribution in [0.25, 0.3) is 11.1 Å². The van der Waals surface area contributed by atoms with E-state index < -0.39 is 0 Å². The highest BCUT2D eigenvalue weighted by Crippen LogP contribution is 2.19. The van der Waals surface area contributed by atoms with Gasteiger partial charge in [-0.1, -0.05) is 26.7 Å². The first-order valence-electron chi connectivity index (χ1n) is 7.60. The Hall–Kier alpha value is -1.55. The zero-order valence-corrected chi connectivity index (χ0v) is 12.6. The molecule has 0 unspecified atom stereocenters. The summed E-state index contributed by atoms with van der Waals surface area (Å²) in [5.74, 6) is 0.790. The molecule has 110 valence electrons. The van der Waals surface area contributed by atoms with Gasteiger partial charge in [-0.2, -0.15) is 0 Å². The van der Waals surface area contributed by atoms with E-state index in [4.69, 9.17) is 10.2 Å². The van der Waals surface area contributed by atoms with Crippen LogP contribution in [0.4, 0.5) is 5.69 Å². The third-order valence-corrected chi connectivity index (χ3v) is 3.47. The second-order valence-electron chi connectivity index (χ2n) is 5.32. The Morgan fingerprint density at radius 2 is 1.85 bits per heavy atom. The van der Waals surface area contributed by atoms with Gasteiger partial charge in [0, 0.05) is 11.8 Å². The summed E-state index contributed by atoms with van der Waals surface area (Å²) in [7, 11) is 0. The van der Waals surface area contributed by atoms with Crippen molar-refractivity contribution < 1.29 is 4.42 Å². The molecule has 0 aliphatic heterocycles. The van der Waals surface area contributed by atoms with Crippen LogP contribution in [0.5, 0.6) is 0 Å². The molecule has 4 heteroatoms. The molecule has 2 rings (SSSR count). The van der Waals surface area contributed by atoms with Gasteiger partial charge >= 0.3 is 0 Å². The van der Waals surface area contributed by atoms with Crippen molar-refractivity contribution in [2.45, 2.75) is 46.1 Å². The molecule has 0 amide bonds. The van der Waals surface area contributed by atoms with Gasteiger partial charge in [0.25, 0.3) is 0 Å². The number of anilines is 1. The number of hydrogen-bond donors (Lipinski definition) is 1. The molecule has 2 aromatic rings. The smallest absolute Gasteiger partial charge is 0.209 e. The van der Waals surface area contributed by atoms with Crippen molar-refractivity contribution in [3.8, 4) is 0 Å². The molecule has 1 aromatic carbocycles. The predicted molar refractivity (Wildman–Crippen MR) is 83.5 cm³/mol. The fourth-order valence-electron chi connectivity index (χ4n) is 2.28. The predicted octanol–water partition coefficient (Wildman–Crippen LogP) is 3.81. The van der Waals surface area contributed by atoms with Crippen LogP contribution in [0.1, 0.15) is 45.4 Å². The molecule has 0 aliphatic rings. The summed E-state index contributed by atoms with van der Waals surface area (Å²) < 4.78 is 5.81. The number of rotatable bonds is 8. The molecule has 1 heterocycles. The molecule has 0 fully saturated rings. The quantitative estimate of drug-likeness (QED) is 0.744. The zero-order chi connectivity index (χ0) is 14.4. The summed E-state index contributed by atoms with van der Waals surface area (Å²) in [6.45, 7) is 7.45. The Morgan fingerprint density at radius 1 is 1.15 bits per heavy atom. The molecule has 0 aliphatic carbocycles. The van der Waals surface area contributed by atoms with Gasteiger partial charge in [-0.05, 0) is 38.1 Å². The van der Waals surface area contributed by atoms with Gasteiger partial charge in [0.15, 0.2) is 5.58 Å². The van der Waals surface area contributed by atoms with E-state index in [0.29, 0.717) is 5.69 Å². The van der Waals surface area contributed by atoms with Crippen LogP contribution < -0.4 is 5.73 Å². The molecule has 1 aromatic heterocycles. The second-order valence-corrected chi connectivity index (χ2v) is 5.32. The molecule has 0 saturated heterocycles. The monoisotopic (exact) mass is 275 g/mol. The fourth-order valence-corrected chi connectivity index (χ4v) is 2.28. The Kier molecular flexibility index (Phi) is 5.41. The maximum absolute atomic E-state index is 5.81. The maximum atomic E-state index is 5.81. The third-order valence-electron chi connectivity index (χ3n) is 3.47. The van der Waals surface area contributed by atoms with E-state index in [1.165, 1.54) is 25.7 Å². The lowest BCUT2D eigenvalue weighted by Gasteiger charge is -2.19. The van der Waals surface area contributed by atoms with Crippen LogP contribution >= 0.6 is 0 Å². The lowest BCUT2D eigenvalue weighted by Crippen LogP contribution is -2.25. The number of nitrogens with two attached hydrogens (primary N) is 1. The Morgan fingerprint density at radius 3 is 2.50 bits per heavy atom. The number of nitrogen functional groups attached to an aromatic ring is 1. The largest absolute Gasteiger partial charge is 0.439 e. The van der Waals surface area contributed by atoms with E-state index in [9.17, 15) is 0 Å². The van der Waals surface area contributed by atoms with Crippen molar-refractivity contribution in [2.75, 3.05) is 18.8 Å². The van der Waals surface area contributed by atoms with Gasteiger partial charge in [0.2, 0.25) is 5.89 Å². The number of hydrogen-bond acceptors (Lipinski definition) is 4. The highest BCUT2D eigenvalue weighted by atomic mass is 16.3. The lowest BCUT2D eigenvalue weighted by atomic mass is 10.2. The molecule has 0 atom stereocenters. The average Bonchev–Trinajstić information content (AvgIpc) is 2.83. The minimum atomic E-state index is 0.717. The van der Waals surface area contributed by atoms with Crippen LogP contribution in [0.3, 0.4) is 0 Å². The molecular formula is C16H25N3O. The summed E-state index contributed by atoms with van der Waals surface area (Å²) in [6, 6.07) is 5.62. The average molecular weight is 275 g/mol. The van der Waals surface area contributed by atoms with Gasteiger partial charge in [-0.25, -0.2) is 4.98 Å². The number of fused-ring (bicyclic) bond motifs is 1. The zero-order valence-electron chi connectivity index (χ0n) is 12.6. The molecule has 0 spiro atoms. The first-order valence-corrected chi connectivity index (χ1v) is 7.60. The van der Waals surface area contributed by atoms with E-state index >= 15 is 0 Å². The number of aromatic nitrogens is 1. The first-order chi connectivity index (χ1) is 9.72. The van der Waals surface area contributed by atoms with Gasteiger partial charge in [0.1, 0.15) is 5.52 Å². The van der Waals surface area contributed by atoms with Gasteiger partial charge in [-0.3, -0.25) is 4.90 Å². The van der Waals surface area contributed by atoms with Gasteiger partial charge in [-0.15, -0.1) is 0 Å². The number of benzene rings is 1. The van der Waals surface area contributed by atoms with Crippen LogP contribution in [0.15, 0.2) is 22.6 Å². The van der Waals surface area contributed by atoms with E-state index in [-0.39, 0.29) is 0 Å². The minimum Gasteiger partial charge on any atom is -0.439 e. The highest BCUT2D eigenvalue weighted by molar-refractivity contribution is 5.76. The molecule has 0 radical (unpaired) electrons. The summed E-state index contributed by atoms with van der Waals surface area (Å²) >= 11 is 0. The van der Waals surface area contributed by atoms with E-state index in [0.717, 1.165) is 36.6 Å². The number of nitrogens with zero attached hydrogens (tertiary/aromatic N) is 2. The molecule has 0 saturated carbocycles. The van der Waals surface area contributed by atoms with E-state index in [1.54, 1.807) is 0 Å². The number of oxazole rings is 1. The Labute approximate surface area is 121 Å². The van der Waals surface area contributed by atoms with Crippen molar-refractivity contribution in [1.29, 1.82) is 0 Å². The van der Waals surface area contributed by atoms with Gasteiger partial charge in [0.05, 0.1) is 6.54 Å². The summed E-state index contributed by atoms with van der Waals surface area (Å²) in [6.07, 6.45) is 4.87.